The molecule has 1 aliphatic rings. The number of allylic oxidation sites excluding steroid dienone is 1. The summed E-state index contributed by atoms with van der Waals surface area (Å²) in [7, 11) is 0. The Morgan fingerprint density at radius 1 is 1.71 bits per heavy atom. The lowest BCUT2D eigenvalue weighted by Crippen LogP contribution is -2.06. The maximum atomic E-state index is 5.41. The molecular formula is C10H16OS3. The van der Waals surface area contributed by atoms with Crippen molar-refractivity contribution in [3.63, 3.8) is 0 Å². The first-order chi connectivity index (χ1) is 6.83. The van der Waals surface area contributed by atoms with Crippen molar-refractivity contribution in [2.75, 3.05) is 12.4 Å². The lowest BCUT2D eigenvalue weighted by atomic mass is 10.3. The second kappa shape index (κ2) is 7.60. The van der Waals surface area contributed by atoms with E-state index in [1.54, 1.807) is 11.8 Å². The average Bonchev–Trinajstić information content (AvgIpc) is 2.68. The largest absolute Gasteiger partial charge is 0.479 e. The molecule has 1 nitrogen and oxygen atoms in total. The van der Waals surface area contributed by atoms with Gasteiger partial charge in [0, 0.05) is 11.0 Å². The zero-order valence-corrected chi connectivity index (χ0v) is 10.9. The summed E-state index contributed by atoms with van der Waals surface area (Å²) >= 11 is 8.68. The topological polar surface area (TPSA) is 9.23 Å². The zero-order chi connectivity index (χ0) is 10.2. The molecule has 0 saturated heterocycles. The number of thiocarbonyl (C=S) groups is 1. The molecule has 14 heavy (non-hydrogen) atoms. The molecule has 0 N–H and O–H groups in total. The predicted octanol–water partition coefficient (Wildman–Crippen LogP) is 3.84. The molecule has 0 amide bonds. The van der Waals surface area contributed by atoms with Crippen molar-refractivity contribution in [3.05, 3.63) is 11.5 Å². The predicted molar refractivity (Wildman–Crippen MR) is 71.1 cm³/mol. The first-order valence-corrected chi connectivity index (χ1v) is 7.26. The summed E-state index contributed by atoms with van der Waals surface area (Å²) in [4.78, 5) is 0. The summed E-state index contributed by atoms with van der Waals surface area (Å²) < 4.78 is 6.12. The van der Waals surface area contributed by atoms with E-state index in [4.69, 9.17) is 17.0 Å². The highest BCUT2D eigenvalue weighted by molar-refractivity contribution is 8.23. The molecular weight excluding hydrogens is 232 g/mol. The lowest BCUT2D eigenvalue weighted by Gasteiger charge is -2.09. The maximum absolute atomic E-state index is 5.41. The average molecular weight is 248 g/mol. The number of unbranched alkanes of at least 4 members (excludes halogenated alkanes) is 1. The summed E-state index contributed by atoms with van der Waals surface area (Å²) in [5.74, 6) is 1.07. The molecule has 4 heteroatoms. The fourth-order valence-corrected chi connectivity index (χ4v) is 3.14. The first-order valence-electron chi connectivity index (χ1n) is 4.93. The molecule has 1 rings (SSSR count). The van der Waals surface area contributed by atoms with Crippen LogP contribution in [0.3, 0.4) is 0 Å². The minimum Gasteiger partial charge on any atom is -0.479 e. The van der Waals surface area contributed by atoms with Gasteiger partial charge in [-0.1, -0.05) is 31.2 Å². The van der Waals surface area contributed by atoms with Gasteiger partial charge in [0.15, 0.2) is 0 Å². The van der Waals surface area contributed by atoms with Gasteiger partial charge in [0.2, 0.25) is 4.38 Å². The number of thioether (sulfide) groups is 2. The Kier molecular flexibility index (Phi) is 6.73. The van der Waals surface area contributed by atoms with Crippen molar-refractivity contribution in [1.29, 1.82) is 0 Å². The van der Waals surface area contributed by atoms with Gasteiger partial charge in [-0.05, 0) is 30.5 Å². The lowest BCUT2D eigenvalue weighted by molar-refractivity contribution is 0.313. The minimum atomic E-state index is 0.702. The van der Waals surface area contributed by atoms with E-state index < -0.39 is 0 Å². The molecule has 0 radical (unpaired) electrons. The van der Waals surface area contributed by atoms with E-state index in [0.29, 0.717) is 9.63 Å². The van der Waals surface area contributed by atoms with Crippen molar-refractivity contribution in [2.24, 2.45) is 0 Å². The number of ether oxygens (including phenoxy) is 1. The van der Waals surface area contributed by atoms with E-state index in [-0.39, 0.29) is 0 Å². The van der Waals surface area contributed by atoms with Gasteiger partial charge in [0.1, 0.15) is 0 Å². The summed E-state index contributed by atoms with van der Waals surface area (Å²) in [6, 6.07) is 0. The summed E-state index contributed by atoms with van der Waals surface area (Å²) in [6.07, 6.45) is 5.65. The van der Waals surface area contributed by atoms with Crippen LogP contribution < -0.4 is 0 Å². The molecule has 0 aromatic heterocycles. The Labute approximate surface area is 100 Å². The quantitative estimate of drug-likeness (QED) is 0.540. The maximum Gasteiger partial charge on any atom is 0.219 e. The Bertz CT molecular complexity index is 196. The second-order valence-corrected chi connectivity index (χ2v) is 5.96. The van der Waals surface area contributed by atoms with Crippen LogP contribution in [0.2, 0.25) is 0 Å². The Morgan fingerprint density at radius 3 is 3.21 bits per heavy atom. The first kappa shape index (κ1) is 12.4. The highest BCUT2D eigenvalue weighted by Crippen LogP contribution is 2.27. The van der Waals surface area contributed by atoms with Gasteiger partial charge in [-0.3, -0.25) is 0 Å². The Morgan fingerprint density at radius 2 is 2.57 bits per heavy atom. The minimum absolute atomic E-state index is 0.702. The SMILES string of the molecule is CCCCOC(=S)SCC1CC=CS1. The third-order valence-corrected chi connectivity index (χ3v) is 4.57. The number of hydrogen-bond acceptors (Lipinski definition) is 4. The monoisotopic (exact) mass is 248 g/mol. The fraction of sp³-hybridized carbons (Fsp3) is 0.700. The van der Waals surface area contributed by atoms with Crippen LogP contribution in [0.5, 0.6) is 0 Å². The van der Waals surface area contributed by atoms with Gasteiger partial charge in [-0.25, -0.2) is 0 Å². The molecule has 0 bridgehead atoms. The van der Waals surface area contributed by atoms with Gasteiger partial charge in [-0.15, -0.1) is 11.8 Å². The normalized spacial score (nSPS) is 19.9. The van der Waals surface area contributed by atoms with E-state index in [1.165, 1.54) is 6.42 Å². The van der Waals surface area contributed by atoms with Gasteiger partial charge in [0.25, 0.3) is 0 Å². The smallest absolute Gasteiger partial charge is 0.219 e. The van der Waals surface area contributed by atoms with Crippen LogP contribution in [0.4, 0.5) is 0 Å². The zero-order valence-electron chi connectivity index (χ0n) is 8.40. The van der Waals surface area contributed by atoms with Crippen LogP contribution in [-0.4, -0.2) is 22.0 Å². The van der Waals surface area contributed by atoms with Crippen molar-refractivity contribution >= 4 is 40.1 Å². The van der Waals surface area contributed by atoms with Gasteiger partial charge >= 0.3 is 0 Å². The summed E-state index contributed by atoms with van der Waals surface area (Å²) in [5, 5.41) is 2.87. The highest BCUT2D eigenvalue weighted by Gasteiger charge is 2.12. The highest BCUT2D eigenvalue weighted by atomic mass is 32.2. The Hall–Kier alpha value is 0.330. The van der Waals surface area contributed by atoms with Crippen molar-refractivity contribution in [1.82, 2.24) is 0 Å². The molecule has 80 valence electrons. The number of hydrogen-bond donors (Lipinski definition) is 0. The Balaban J connectivity index is 1.97. The van der Waals surface area contributed by atoms with Crippen LogP contribution in [0.25, 0.3) is 0 Å². The van der Waals surface area contributed by atoms with E-state index in [2.05, 4.69) is 18.4 Å². The third-order valence-electron chi connectivity index (χ3n) is 1.87. The van der Waals surface area contributed by atoms with Crippen molar-refractivity contribution in [3.8, 4) is 0 Å². The molecule has 0 aromatic rings. The number of rotatable bonds is 5. The van der Waals surface area contributed by atoms with Crippen molar-refractivity contribution < 1.29 is 4.74 Å². The summed E-state index contributed by atoms with van der Waals surface area (Å²) in [5.41, 5.74) is 0. The molecule has 1 atom stereocenters. The van der Waals surface area contributed by atoms with Crippen LogP contribution >= 0.6 is 35.7 Å². The molecule has 0 aliphatic carbocycles. The second-order valence-electron chi connectivity index (χ2n) is 3.13. The van der Waals surface area contributed by atoms with Gasteiger partial charge in [-0.2, -0.15) is 0 Å². The van der Waals surface area contributed by atoms with Crippen molar-refractivity contribution in [2.45, 2.75) is 31.4 Å². The molecule has 0 saturated carbocycles. The third kappa shape index (κ3) is 5.27. The van der Waals surface area contributed by atoms with E-state index in [9.17, 15) is 0 Å². The molecule has 1 heterocycles. The fourth-order valence-electron chi connectivity index (χ4n) is 1.04. The van der Waals surface area contributed by atoms with E-state index >= 15 is 0 Å². The van der Waals surface area contributed by atoms with E-state index in [0.717, 1.165) is 25.2 Å². The standard InChI is InChI=1S/C10H16OS3/c1-2-3-6-11-10(12)14-8-9-5-4-7-13-9/h4,7,9H,2-3,5-6,8H2,1H3. The van der Waals surface area contributed by atoms with Crippen LogP contribution in [0.15, 0.2) is 11.5 Å². The molecule has 0 fully saturated rings. The van der Waals surface area contributed by atoms with Gasteiger partial charge in [0.05, 0.1) is 6.61 Å². The molecule has 0 aromatic carbocycles. The molecule has 0 spiro atoms. The van der Waals surface area contributed by atoms with Crippen LogP contribution in [0.1, 0.15) is 26.2 Å². The molecule has 1 unspecified atom stereocenters. The van der Waals surface area contributed by atoms with Crippen LogP contribution in [-0.2, 0) is 4.74 Å². The van der Waals surface area contributed by atoms with Gasteiger partial charge < -0.3 is 4.74 Å². The molecule has 1 aliphatic heterocycles. The summed E-state index contributed by atoms with van der Waals surface area (Å²) in [6.45, 7) is 2.93. The van der Waals surface area contributed by atoms with E-state index in [1.807, 2.05) is 11.8 Å². The van der Waals surface area contributed by atoms with Crippen LogP contribution in [0, 0.1) is 0 Å².